The van der Waals surface area contributed by atoms with Crippen LogP contribution in [0.25, 0.3) is 66.1 Å². The Morgan fingerprint density at radius 1 is 0.473 bits per heavy atom. The molecule has 0 radical (unpaired) electrons. The van der Waals surface area contributed by atoms with Gasteiger partial charge in [-0.15, -0.1) is 0 Å². The molecule has 2 heteroatoms. The van der Waals surface area contributed by atoms with Gasteiger partial charge in [0.25, 0.3) is 0 Å². The summed E-state index contributed by atoms with van der Waals surface area (Å²) in [4.78, 5) is 2.40. The highest BCUT2D eigenvalue weighted by molar-refractivity contribution is 6.07. The van der Waals surface area contributed by atoms with Gasteiger partial charge in [-0.05, 0) is 97.1 Å². The van der Waals surface area contributed by atoms with Crippen LogP contribution in [0.1, 0.15) is 51.3 Å². The van der Waals surface area contributed by atoms with Crippen molar-refractivity contribution in [3.05, 3.63) is 187 Å². The van der Waals surface area contributed by atoms with E-state index in [0.717, 1.165) is 39.0 Å². The van der Waals surface area contributed by atoms with Crippen LogP contribution in [0.2, 0.25) is 0 Å². The largest absolute Gasteiger partial charge is 0.456 e. The summed E-state index contributed by atoms with van der Waals surface area (Å²) >= 11 is 0. The topological polar surface area (TPSA) is 16.4 Å². The molecule has 1 aliphatic rings. The summed E-state index contributed by atoms with van der Waals surface area (Å²) < 4.78 is 6.48. The van der Waals surface area contributed by atoms with Gasteiger partial charge in [-0.3, -0.25) is 0 Å². The minimum atomic E-state index is -0.125. The van der Waals surface area contributed by atoms with E-state index < -0.39 is 0 Å². The number of hydrogen-bond acceptors (Lipinski definition) is 2. The summed E-state index contributed by atoms with van der Waals surface area (Å²) in [6.07, 6.45) is 0. The van der Waals surface area contributed by atoms with E-state index in [0.29, 0.717) is 0 Å². The Kier molecular flexibility index (Phi) is 7.44. The summed E-state index contributed by atoms with van der Waals surface area (Å²) in [6.45, 7) is 11.7. The second-order valence-electron chi connectivity index (χ2n) is 16.6. The number of hydrogen-bond donors (Lipinski definition) is 0. The van der Waals surface area contributed by atoms with E-state index in [-0.39, 0.29) is 10.8 Å². The van der Waals surface area contributed by atoms with Gasteiger partial charge in [0.2, 0.25) is 0 Å². The first-order chi connectivity index (χ1) is 26.7. The van der Waals surface area contributed by atoms with Crippen LogP contribution in [0, 0.1) is 0 Å². The first-order valence-electron chi connectivity index (χ1n) is 19.3. The summed E-state index contributed by atoms with van der Waals surface area (Å²) in [6, 6.07) is 62.1. The van der Waals surface area contributed by atoms with E-state index in [1.165, 1.54) is 60.8 Å². The van der Waals surface area contributed by atoms with Crippen LogP contribution >= 0.6 is 0 Å². The molecule has 55 heavy (non-hydrogen) atoms. The zero-order chi connectivity index (χ0) is 37.5. The molecular weight excluding hydrogens is 667 g/mol. The highest BCUT2D eigenvalue weighted by Crippen LogP contribution is 2.54. The standard InChI is InChI=1S/C53H43NO/c1-52(2,3)36-26-30-45-47(32-36)53(4,5)46-21-13-20-44(51(45)46)41-17-8-10-22-48(41)54(38-29-31-43-42-18-9-11-23-49(42)55-50(43)33-38)37-27-24-35(25-28-37)40-19-12-15-34-14-6-7-16-39(34)40/h6-33H,1-5H3. The fraction of sp³-hybridized carbons (Fsp3) is 0.132. The lowest BCUT2D eigenvalue weighted by atomic mass is 9.79. The fourth-order valence-corrected chi connectivity index (χ4v) is 8.92. The molecular formula is C53H43NO. The summed E-state index contributed by atoms with van der Waals surface area (Å²) in [5.41, 5.74) is 16.6. The Morgan fingerprint density at radius 3 is 1.96 bits per heavy atom. The lowest BCUT2D eigenvalue weighted by molar-refractivity contribution is 0.584. The van der Waals surface area contributed by atoms with Gasteiger partial charge >= 0.3 is 0 Å². The minimum absolute atomic E-state index is 0.0694. The van der Waals surface area contributed by atoms with Crippen molar-refractivity contribution < 1.29 is 4.42 Å². The van der Waals surface area contributed by atoms with Crippen molar-refractivity contribution in [2.24, 2.45) is 0 Å². The molecule has 0 saturated carbocycles. The second-order valence-corrected chi connectivity index (χ2v) is 16.6. The zero-order valence-corrected chi connectivity index (χ0v) is 32.0. The molecule has 1 aromatic heterocycles. The number of nitrogens with zero attached hydrogens (tertiary/aromatic N) is 1. The molecule has 8 aromatic carbocycles. The number of furan rings is 1. The maximum Gasteiger partial charge on any atom is 0.137 e. The van der Waals surface area contributed by atoms with Crippen molar-refractivity contribution in [2.75, 3.05) is 4.90 Å². The van der Waals surface area contributed by atoms with Crippen LogP contribution in [0.3, 0.4) is 0 Å². The zero-order valence-electron chi connectivity index (χ0n) is 32.0. The predicted octanol–water partition coefficient (Wildman–Crippen LogP) is 15.1. The van der Waals surface area contributed by atoms with Crippen LogP contribution in [0.15, 0.2) is 174 Å². The van der Waals surface area contributed by atoms with E-state index in [1.54, 1.807) is 0 Å². The molecule has 0 N–H and O–H groups in total. The van der Waals surface area contributed by atoms with Gasteiger partial charge in [-0.2, -0.15) is 0 Å². The first kappa shape index (κ1) is 33.2. The molecule has 0 fully saturated rings. The summed E-state index contributed by atoms with van der Waals surface area (Å²) in [7, 11) is 0. The van der Waals surface area contributed by atoms with Crippen LogP contribution in [0.4, 0.5) is 17.1 Å². The van der Waals surface area contributed by atoms with Crippen molar-refractivity contribution in [3.63, 3.8) is 0 Å². The lowest BCUT2D eigenvalue weighted by Gasteiger charge is -2.29. The van der Waals surface area contributed by atoms with E-state index in [2.05, 4.69) is 197 Å². The van der Waals surface area contributed by atoms with Gasteiger partial charge in [0.15, 0.2) is 0 Å². The third kappa shape index (κ3) is 5.31. The monoisotopic (exact) mass is 709 g/mol. The molecule has 0 amide bonds. The molecule has 266 valence electrons. The van der Waals surface area contributed by atoms with Crippen molar-refractivity contribution in [1.29, 1.82) is 0 Å². The Morgan fingerprint density at radius 2 is 1.13 bits per heavy atom. The highest BCUT2D eigenvalue weighted by atomic mass is 16.3. The third-order valence-electron chi connectivity index (χ3n) is 11.8. The smallest absolute Gasteiger partial charge is 0.137 e. The van der Waals surface area contributed by atoms with E-state index in [4.69, 9.17) is 4.42 Å². The molecule has 9 aromatic rings. The van der Waals surface area contributed by atoms with E-state index in [9.17, 15) is 0 Å². The molecule has 1 heterocycles. The van der Waals surface area contributed by atoms with Crippen molar-refractivity contribution in [3.8, 4) is 33.4 Å². The molecule has 0 saturated heterocycles. The van der Waals surface area contributed by atoms with Crippen LogP contribution in [0.5, 0.6) is 0 Å². The molecule has 1 aliphatic carbocycles. The Labute approximate surface area is 323 Å². The Hall–Kier alpha value is -6.38. The predicted molar refractivity (Wildman–Crippen MR) is 233 cm³/mol. The molecule has 0 atom stereocenters. The summed E-state index contributed by atoms with van der Waals surface area (Å²) in [5.74, 6) is 0. The summed E-state index contributed by atoms with van der Waals surface area (Å²) in [5, 5.41) is 4.75. The van der Waals surface area contributed by atoms with Gasteiger partial charge in [0.05, 0.1) is 5.69 Å². The molecule has 0 unspecified atom stereocenters. The number of anilines is 3. The van der Waals surface area contributed by atoms with Crippen molar-refractivity contribution >= 4 is 49.8 Å². The van der Waals surface area contributed by atoms with Crippen LogP contribution in [-0.4, -0.2) is 0 Å². The number of para-hydroxylation sites is 2. The molecule has 0 spiro atoms. The quantitative estimate of drug-likeness (QED) is 0.177. The Bertz CT molecular complexity index is 2930. The van der Waals surface area contributed by atoms with Gasteiger partial charge < -0.3 is 9.32 Å². The average molecular weight is 710 g/mol. The normalized spacial score (nSPS) is 13.3. The Balaban J connectivity index is 1.18. The average Bonchev–Trinajstić information content (AvgIpc) is 3.69. The fourth-order valence-electron chi connectivity index (χ4n) is 8.92. The minimum Gasteiger partial charge on any atom is -0.456 e. The van der Waals surface area contributed by atoms with Gasteiger partial charge in [0, 0.05) is 39.2 Å². The number of benzene rings is 8. The SMILES string of the molecule is CC(C)(C)c1ccc2c(c1)C(C)(C)c1cccc(-c3ccccc3N(c3ccc(-c4cccc5ccccc45)cc3)c3ccc4c(c3)oc3ccccc34)c1-2. The molecule has 0 aliphatic heterocycles. The van der Waals surface area contributed by atoms with Crippen LogP contribution in [-0.2, 0) is 10.8 Å². The van der Waals surface area contributed by atoms with Crippen LogP contribution < -0.4 is 4.90 Å². The van der Waals surface area contributed by atoms with Crippen molar-refractivity contribution in [2.45, 2.75) is 45.4 Å². The molecule has 0 bridgehead atoms. The highest BCUT2D eigenvalue weighted by Gasteiger charge is 2.38. The van der Waals surface area contributed by atoms with Crippen molar-refractivity contribution in [1.82, 2.24) is 0 Å². The van der Waals surface area contributed by atoms with Gasteiger partial charge in [-0.25, -0.2) is 0 Å². The lowest BCUT2D eigenvalue weighted by Crippen LogP contribution is -2.17. The molecule has 10 rings (SSSR count). The maximum atomic E-state index is 6.48. The third-order valence-corrected chi connectivity index (χ3v) is 11.8. The van der Waals surface area contributed by atoms with E-state index in [1.807, 2.05) is 12.1 Å². The maximum absolute atomic E-state index is 6.48. The van der Waals surface area contributed by atoms with Gasteiger partial charge in [-0.1, -0.05) is 162 Å². The van der Waals surface area contributed by atoms with E-state index >= 15 is 0 Å². The number of rotatable bonds is 5. The molecule has 2 nitrogen and oxygen atoms in total. The van der Waals surface area contributed by atoms with Gasteiger partial charge in [0.1, 0.15) is 11.2 Å². The first-order valence-corrected chi connectivity index (χ1v) is 19.3. The second kappa shape index (κ2) is 12.3. The number of fused-ring (bicyclic) bond motifs is 7.